The van der Waals surface area contributed by atoms with Crippen LogP contribution in [0.1, 0.15) is 17.8 Å². The summed E-state index contributed by atoms with van der Waals surface area (Å²) in [5, 5.41) is 0. The van der Waals surface area contributed by atoms with Gasteiger partial charge in [-0.2, -0.15) is 0 Å². The minimum absolute atomic E-state index is 0.436. The maximum Gasteiger partial charge on any atom is 0.200 e. The van der Waals surface area contributed by atoms with Gasteiger partial charge >= 0.3 is 0 Å². The SMILES string of the molecule is COCCc1nccc(C(OC)OC)n1. The van der Waals surface area contributed by atoms with Crippen LogP contribution in [0.5, 0.6) is 0 Å². The molecule has 0 atom stereocenters. The quantitative estimate of drug-likeness (QED) is 0.657. The molecule has 0 spiro atoms. The highest BCUT2D eigenvalue weighted by molar-refractivity contribution is 5.04. The minimum Gasteiger partial charge on any atom is -0.384 e. The highest BCUT2D eigenvalue weighted by Crippen LogP contribution is 2.13. The molecule has 0 saturated heterocycles. The average molecular weight is 212 g/mol. The molecule has 0 bridgehead atoms. The number of ether oxygens (including phenoxy) is 3. The minimum atomic E-state index is -0.436. The van der Waals surface area contributed by atoms with Crippen LogP contribution in [0.2, 0.25) is 0 Å². The zero-order valence-electron chi connectivity index (χ0n) is 9.27. The number of hydrogen-bond donors (Lipinski definition) is 0. The van der Waals surface area contributed by atoms with Gasteiger partial charge in [-0.05, 0) is 6.07 Å². The van der Waals surface area contributed by atoms with Crippen LogP contribution in [0.3, 0.4) is 0 Å². The molecule has 0 aromatic carbocycles. The van der Waals surface area contributed by atoms with Crippen LogP contribution < -0.4 is 0 Å². The second-order valence-corrected chi connectivity index (χ2v) is 2.94. The first kappa shape index (κ1) is 12.0. The Bertz CT molecular complexity index is 290. The van der Waals surface area contributed by atoms with Crippen LogP contribution in [-0.4, -0.2) is 37.9 Å². The molecule has 5 heteroatoms. The van der Waals surface area contributed by atoms with Crippen molar-refractivity contribution in [3.63, 3.8) is 0 Å². The second kappa shape index (κ2) is 6.44. The lowest BCUT2D eigenvalue weighted by Crippen LogP contribution is -2.09. The highest BCUT2D eigenvalue weighted by Gasteiger charge is 2.11. The Labute approximate surface area is 89.4 Å². The van der Waals surface area contributed by atoms with Gasteiger partial charge in [0.1, 0.15) is 5.82 Å². The molecule has 5 nitrogen and oxygen atoms in total. The molecule has 1 aromatic rings. The zero-order chi connectivity index (χ0) is 11.1. The molecule has 0 amide bonds. The largest absolute Gasteiger partial charge is 0.384 e. The predicted octanol–water partition coefficient (Wildman–Crippen LogP) is 0.957. The Morgan fingerprint density at radius 3 is 2.60 bits per heavy atom. The van der Waals surface area contributed by atoms with E-state index in [0.717, 1.165) is 11.5 Å². The molecule has 0 radical (unpaired) electrons. The van der Waals surface area contributed by atoms with E-state index in [-0.39, 0.29) is 0 Å². The third-order valence-corrected chi connectivity index (χ3v) is 1.93. The Morgan fingerprint density at radius 2 is 2.00 bits per heavy atom. The number of nitrogens with zero attached hydrogens (tertiary/aromatic N) is 2. The summed E-state index contributed by atoms with van der Waals surface area (Å²) >= 11 is 0. The van der Waals surface area contributed by atoms with Crippen LogP contribution in [-0.2, 0) is 20.6 Å². The lowest BCUT2D eigenvalue weighted by molar-refractivity contribution is -0.108. The molecular weight excluding hydrogens is 196 g/mol. The lowest BCUT2D eigenvalue weighted by atomic mass is 10.3. The molecule has 1 rings (SSSR count). The second-order valence-electron chi connectivity index (χ2n) is 2.94. The molecule has 0 saturated carbocycles. The van der Waals surface area contributed by atoms with Gasteiger partial charge < -0.3 is 14.2 Å². The lowest BCUT2D eigenvalue weighted by Gasteiger charge is -2.12. The monoisotopic (exact) mass is 212 g/mol. The normalized spacial score (nSPS) is 10.9. The third kappa shape index (κ3) is 3.54. The van der Waals surface area contributed by atoms with Crippen molar-refractivity contribution in [2.24, 2.45) is 0 Å². The Kier molecular flexibility index (Phi) is 5.17. The Morgan fingerprint density at radius 1 is 1.27 bits per heavy atom. The van der Waals surface area contributed by atoms with Crippen molar-refractivity contribution in [2.45, 2.75) is 12.7 Å². The summed E-state index contributed by atoms with van der Waals surface area (Å²) in [6.45, 7) is 0.605. The predicted molar refractivity (Wildman–Crippen MR) is 54.4 cm³/mol. The number of hydrogen-bond acceptors (Lipinski definition) is 5. The van der Waals surface area contributed by atoms with E-state index in [2.05, 4.69) is 9.97 Å². The van der Waals surface area contributed by atoms with Crippen molar-refractivity contribution in [2.75, 3.05) is 27.9 Å². The van der Waals surface area contributed by atoms with Crippen molar-refractivity contribution < 1.29 is 14.2 Å². The molecule has 0 aliphatic heterocycles. The molecule has 1 heterocycles. The molecule has 0 unspecified atom stereocenters. The van der Waals surface area contributed by atoms with E-state index in [1.807, 2.05) is 0 Å². The van der Waals surface area contributed by atoms with E-state index in [1.54, 1.807) is 33.6 Å². The van der Waals surface area contributed by atoms with Gasteiger partial charge in [-0.3, -0.25) is 0 Å². The first-order chi connectivity index (χ1) is 7.31. The van der Waals surface area contributed by atoms with Crippen LogP contribution in [0.4, 0.5) is 0 Å². The fourth-order valence-electron chi connectivity index (χ4n) is 1.20. The Balaban J connectivity index is 2.72. The van der Waals surface area contributed by atoms with Gasteiger partial charge in [-0.25, -0.2) is 9.97 Å². The topological polar surface area (TPSA) is 53.5 Å². The van der Waals surface area contributed by atoms with E-state index in [9.17, 15) is 0 Å². The van der Waals surface area contributed by atoms with E-state index < -0.39 is 6.29 Å². The van der Waals surface area contributed by atoms with Gasteiger partial charge in [0.25, 0.3) is 0 Å². The molecule has 1 aromatic heterocycles. The smallest absolute Gasteiger partial charge is 0.200 e. The molecule has 0 aliphatic carbocycles. The summed E-state index contributed by atoms with van der Waals surface area (Å²) < 4.78 is 15.2. The van der Waals surface area contributed by atoms with Crippen LogP contribution in [0.15, 0.2) is 12.3 Å². The van der Waals surface area contributed by atoms with E-state index in [1.165, 1.54) is 0 Å². The van der Waals surface area contributed by atoms with Crippen molar-refractivity contribution in [1.82, 2.24) is 9.97 Å². The highest BCUT2D eigenvalue weighted by atomic mass is 16.7. The molecule has 0 N–H and O–H groups in total. The summed E-state index contributed by atoms with van der Waals surface area (Å²) in [6.07, 6.45) is 1.94. The van der Waals surface area contributed by atoms with Gasteiger partial charge in [0.05, 0.1) is 12.3 Å². The summed E-state index contributed by atoms with van der Waals surface area (Å²) in [5.41, 5.74) is 0.723. The zero-order valence-corrected chi connectivity index (χ0v) is 9.27. The fourth-order valence-corrected chi connectivity index (χ4v) is 1.20. The van der Waals surface area contributed by atoms with Crippen LogP contribution in [0.25, 0.3) is 0 Å². The summed E-state index contributed by atoms with van der Waals surface area (Å²) in [6, 6.07) is 1.77. The first-order valence-electron chi connectivity index (χ1n) is 4.68. The van der Waals surface area contributed by atoms with Crippen molar-refractivity contribution in [3.8, 4) is 0 Å². The van der Waals surface area contributed by atoms with E-state index in [4.69, 9.17) is 14.2 Å². The Hall–Kier alpha value is -1.04. The maximum atomic E-state index is 5.10. The van der Waals surface area contributed by atoms with Gasteiger partial charge in [0.2, 0.25) is 6.29 Å². The maximum absolute atomic E-state index is 5.10. The number of methoxy groups -OCH3 is 3. The standard InChI is InChI=1S/C10H16N2O3/c1-13-7-5-9-11-6-4-8(12-9)10(14-2)15-3/h4,6,10H,5,7H2,1-3H3. The van der Waals surface area contributed by atoms with Crippen molar-refractivity contribution in [1.29, 1.82) is 0 Å². The van der Waals surface area contributed by atoms with Crippen LogP contribution in [0, 0.1) is 0 Å². The van der Waals surface area contributed by atoms with Crippen LogP contribution >= 0.6 is 0 Å². The first-order valence-corrected chi connectivity index (χ1v) is 4.68. The number of rotatable bonds is 6. The average Bonchev–Trinajstić information content (AvgIpc) is 2.29. The fraction of sp³-hybridized carbons (Fsp3) is 0.600. The van der Waals surface area contributed by atoms with E-state index >= 15 is 0 Å². The van der Waals surface area contributed by atoms with Gasteiger partial charge in [0.15, 0.2) is 0 Å². The van der Waals surface area contributed by atoms with E-state index in [0.29, 0.717) is 13.0 Å². The summed E-state index contributed by atoms with van der Waals surface area (Å²) in [7, 11) is 4.80. The molecule has 15 heavy (non-hydrogen) atoms. The third-order valence-electron chi connectivity index (χ3n) is 1.93. The van der Waals surface area contributed by atoms with Gasteiger partial charge in [-0.1, -0.05) is 0 Å². The summed E-state index contributed by atoms with van der Waals surface area (Å²) in [5.74, 6) is 0.730. The van der Waals surface area contributed by atoms with Gasteiger partial charge in [0, 0.05) is 33.9 Å². The molecule has 84 valence electrons. The molecule has 0 aliphatic rings. The molecular formula is C10H16N2O3. The number of aromatic nitrogens is 2. The summed E-state index contributed by atoms with van der Waals surface area (Å²) in [4.78, 5) is 8.44. The molecule has 0 fully saturated rings. The van der Waals surface area contributed by atoms with Gasteiger partial charge in [-0.15, -0.1) is 0 Å². The van der Waals surface area contributed by atoms with Crippen molar-refractivity contribution in [3.05, 3.63) is 23.8 Å². The van der Waals surface area contributed by atoms with Crippen molar-refractivity contribution >= 4 is 0 Å².